The number of benzene rings is 1. The fourth-order valence-electron chi connectivity index (χ4n) is 3.91. The summed E-state index contributed by atoms with van der Waals surface area (Å²) < 4.78 is 59.3. The molecular formula is C20H28F2N2O4S. The molecule has 2 saturated heterocycles. The van der Waals surface area contributed by atoms with Crippen molar-refractivity contribution in [2.45, 2.75) is 62.5 Å². The molecule has 9 heteroatoms. The standard InChI is InChI=1S/C20H28F2N2O4S/c1-14(4-6-17-3-2-12-28-17)23-20(25)15-8-10-24(11-9-15)29(26,27)19-13-16(21)5-7-18(19)22/h5,7,13-15,17H,2-4,6,8-12H2,1H3,(H,23,25). The van der Waals surface area contributed by atoms with Crippen LogP contribution in [-0.2, 0) is 19.6 Å². The SMILES string of the molecule is CC(CCC1CCCO1)NC(=O)C1CCN(S(=O)(=O)c2cc(F)ccc2F)CC1. The molecule has 3 rings (SSSR count). The summed E-state index contributed by atoms with van der Waals surface area (Å²) in [5.74, 6) is -2.16. The van der Waals surface area contributed by atoms with Gasteiger partial charge in [0.1, 0.15) is 16.5 Å². The van der Waals surface area contributed by atoms with Crippen LogP contribution in [0.25, 0.3) is 0 Å². The van der Waals surface area contributed by atoms with Gasteiger partial charge in [0, 0.05) is 31.7 Å². The molecule has 1 aromatic carbocycles. The van der Waals surface area contributed by atoms with Crippen molar-refractivity contribution in [1.29, 1.82) is 0 Å². The van der Waals surface area contributed by atoms with Gasteiger partial charge in [0.2, 0.25) is 15.9 Å². The predicted molar refractivity (Wildman–Crippen MR) is 104 cm³/mol. The van der Waals surface area contributed by atoms with Crippen LogP contribution in [0.2, 0.25) is 0 Å². The summed E-state index contributed by atoms with van der Waals surface area (Å²) in [5.41, 5.74) is 0. The second-order valence-electron chi connectivity index (χ2n) is 7.88. The first-order valence-corrected chi connectivity index (χ1v) is 11.6. The maximum atomic E-state index is 13.9. The first-order valence-electron chi connectivity index (χ1n) is 10.1. The van der Waals surface area contributed by atoms with Crippen molar-refractivity contribution in [2.24, 2.45) is 5.92 Å². The maximum Gasteiger partial charge on any atom is 0.246 e. The molecule has 1 amide bonds. The molecule has 2 aliphatic rings. The smallest absolute Gasteiger partial charge is 0.246 e. The first-order chi connectivity index (χ1) is 13.8. The van der Waals surface area contributed by atoms with Gasteiger partial charge in [-0.2, -0.15) is 4.31 Å². The summed E-state index contributed by atoms with van der Waals surface area (Å²) in [7, 11) is -4.13. The van der Waals surface area contributed by atoms with Crippen molar-refractivity contribution in [3.05, 3.63) is 29.8 Å². The molecule has 1 aromatic rings. The highest BCUT2D eigenvalue weighted by molar-refractivity contribution is 7.89. The number of ether oxygens (including phenoxy) is 1. The molecule has 2 fully saturated rings. The Morgan fingerprint density at radius 3 is 2.66 bits per heavy atom. The van der Waals surface area contributed by atoms with Crippen LogP contribution < -0.4 is 5.32 Å². The Morgan fingerprint density at radius 2 is 2.00 bits per heavy atom. The Hall–Kier alpha value is -1.58. The number of nitrogens with zero attached hydrogens (tertiary/aromatic N) is 1. The van der Waals surface area contributed by atoms with Crippen molar-refractivity contribution in [3.63, 3.8) is 0 Å². The van der Waals surface area contributed by atoms with E-state index in [1.165, 1.54) is 0 Å². The molecule has 0 aliphatic carbocycles. The van der Waals surface area contributed by atoms with E-state index in [2.05, 4.69) is 5.32 Å². The van der Waals surface area contributed by atoms with Crippen LogP contribution in [0.1, 0.15) is 45.4 Å². The Kier molecular flexibility index (Phi) is 7.23. The van der Waals surface area contributed by atoms with E-state index in [1.54, 1.807) is 0 Å². The molecule has 2 atom stereocenters. The molecule has 6 nitrogen and oxygen atoms in total. The molecule has 0 radical (unpaired) electrons. The predicted octanol–water partition coefficient (Wildman–Crippen LogP) is 2.83. The van der Waals surface area contributed by atoms with E-state index in [0.29, 0.717) is 18.9 Å². The van der Waals surface area contributed by atoms with Crippen molar-refractivity contribution < 1.29 is 26.7 Å². The van der Waals surface area contributed by atoms with E-state index in [1.807, 2.05) is 6.92 Å². The number of carbonyl (C=O) groups excluding carboxylic acids is 1. The van der Waals surface area contributed by atoms with Crippen LogP contribution >= 0.6 is 0 Å². The second-order valence-corrected chi connectivity index (χ2v) is 9.78. The highest BCUT2D eigenvalue weighted by atomic mass is 32.2. The number of rotatable bonds is 7. The monoisotopic (exact) mass is 430 g/mol. The lowest BCUT2D eigenvalue weighted by atomic mass is 9.96. The summed E-state index contributed by atoms with van der Waals surface area (Å²) in [5, 5.41) is 3.00. The lowest BCUT2D eigenvalue weighted by Gasteiger charge is -2.31. The summed E-state index contributed by atoms with van der Waals surface area (Å²) in [6.07, 6.45) is 4.89. The van der Waals surface area contributed by atoms with Gasteiger partial charge in [-0.25, -0.2) is 17.2 Å². The quantitative estimate of drug-likeness (QED) is 0.722. The maximum absolute atomic E-state index is 13.9. The lowest BCUT2D eigenvalue weighted by Crippen LogP contribution is -2.45. The third-order valence-corrected chi connectivity index (χ3v) is 7.58. The highest BCUT2D eigenvalue weighted by Crippen LogP contribution is 2.26. The molecule has 1 N–H and O–H groups in total. The molecule has 0 saturated carbocycles. The molecule has 29 heavy (non-hydrogen) atoms. The first kappa shape index (κ1) is 22.1. The zero-order valence-electron chi connectivity index (χ0n) is 16.6. The van der Waals surface area contributed by atoms with Crippen LogP contribution in [0.4, 0.5) is 8.78 Å². The van der Waals surface area contributed by atoms with Gasteiger partial charge in [-0.3, -0.25) is 4.79 Å². The Balaban J connectivity index is 1.50. The summed E-state index contributed by atoms with van der Waals surface area (Å²) in [6.45, 7) is 2.97. The average Bonchev–Trinajstić information content (AvgIpc) is 3.22. The number of carbonyl (C=O) groups is 1. The van der Waals surface area contributed by atoms with E-state index < -0.39 is 26.6 Å². The fourth-order valence-corrected chi connectivity index (χ4v) is 5.46. The molecule has 2 aliphatic heterocycles. The van der Waals surface area contributed by atoms with Crippen molar-refractivity contribution in [2.75, 3.05) is 19.7 Å². The number of hydrogen-bond acceptors (Lipinski definition) is 4. The zero-order valence-corrected chi connectivity index (χ0v) is 17.4. The molecule has 2 heterocycles. The zero-order chi connectivity index (χ0) is 21.0. The number of nitrogens with one attached hydrogen (secondary N) is 1. The average molecular weight is 431 g/mol. The molecule has 2 unspecified atom stereocenters. The van der Waals surface area contributed by atoms with E-state index in [-0.39, 0.29) is 37.1 Å². The van der Waals surface area contributed by atoms with Crippen LogP contribution in [-0.4, -0.2) is 50.5 Å². The molecular weight excluding hydrogens is 402 g/mol. The van der Waals surface area contributed by atoms with Gasteiger partial charge in [0.25, 0.3) is 0 Å². The minimum absolute atomic E-state index is 0.0230. The van der Waals surface area contributed by atoms with Gasteiger partial charge in [-0.15, -0.1) is 0 Å². The highest BCUT2D eigenvalue weighted by Gasteiger charge is 2.34. The van der Waals surface area contributed by atoms with Gasteiger partial charge < -0.3 is 10.1 Å². The summed E-state index contributed by atoms with van der Waals surface area (Å²) >= 11 is 0. The second kappa shape index (κ2) is 9.49. The Labute approximate surface area is 170 Å². The van der Waals surface area contributed by atoms with Crippen LogP contribution in [0.3, 0.4) is 0 Å². The van der Waals surface area contributed by atoms with E-state index >= 15 is 0 Å². The van der Waals surface area contributed by atoms with Gasteiger partial charge in [0.15, 0.2) is 0 Å². The summed E-state index contributed by atoms with van der Waals surface area (Å²) in [6, 6.07) is 2.40. The van der Waals surface area contributed by atoms with Crippen LogP contribution in [0, 0.1) is 17.6 Å². The molecule has 0 bridgehead atoms. The Bertz CT molecular complexity index is 820. The lowest BCUT2D eigenvalue weighted by molar-refractivity contribution is -0.126. The molecule has 0 spiro atoms. The fraction of sp³-hybridized carbons (Fsp3) is 0.650. The largest absolute Gasteiger partial charge is 0.378 e. The van der Waals surface area contributed by atoms with Gasteiger partial charge in [-0.1, -0.05) is 0 Å². The minimum atomic E-state index is -4.13. The van der Waals surface area contributed by atoms with E-state index in [0.717, 1.165) is 48.7 Å². The van der Waals surface area contributed by atoms with E-state index in [4.69, 9.17) is 4.74 Å². The van der Waals surface area contributed by atoms with Gasteiger partial charge in [0.05, 0.1) is 6.10 Å². The third-order valence-electron chi connectivity index (χ3n) is 5.67. The topological polar surface area (TPSA) is 75.7 Å². The number of piperidine rings is 1. The number of halogens is 2. The van der Waals surface area contributed by atoms with Crippen molar-refractivity contribution >= 4 is 15.9 Å². The van der Waals surface area contributed by atoms with Crippen LogP contribution in [0.15, 0.2) is 23.1 Å². The van der Waals surface area contributed by atoms with E-state index in [9.17, 15) is 22.0 Å². The minimum Gasteiger partial charge on any atom is -0.378 e. The van der Waals surface area contributed by atoms with Gasteiger partial charge >= 0.3 is 0 Å². The van der Waals surface area contributed by atoms with Crippen molar-refractivity contribution in [1.82, 2.24) is 9.62 Å². The van der Waals surface area contributed by atoms with Crippen molar-refractivity contribution in [3.8, 4) is 0 Å². The number of amides is 1. The third kappa shape index (κ3) is 5.52. The normalized spacial score (nSPS) is 22.5. The van der Waals surface area contributed by atoms with Gasteiger partial charge in [-0.05, 0) is 63.6 Å². The Morgan fingerprint density at radius 1 is 1.28 bits per heavy atom. The molecule has 162 valence electrons. The summed E-state index contributed by atoms with van der Waals surface area (Å²) in [4.78, 5) is 11.8. The van der Waals surface area contributed by atoms with Crippen LogP contribution in [0.5, 0.6) is 0 Å². The number of sulfonamides is 1. The number of hydrogen-bond donors (Lipinski definition) is 1. The molecule has 0 aromatic heterocycles.